The summed E-state index contributed by atoms with van der Waals surface area (Å²) < 4.78 is 2.49. The summed E-state index contributed by atoms with van der Waals surface area (Å²) in [5, 5.41) is 2.37. The minimum Gasteiger partial charge on any atom is -0.308 e. The molecule has 1 aliphatic carbocycles. The summed E-state index contributed by atoms with van der Waals surface area (Å²) in [6, 6.07) is 98.0. The van der Waals surface area contributed by atoms with Crippen molar-refractivity contribution in [1.29, 1.82) is 0 Å². The Morgan fingerprint density at radius 3 is 1.15 bits per heavy atom. The van der Waals surface area contributed by atoms with Gasteiger partial charge in [-0.3, -0.25) is 0 Å². The van der Waals surface area contributed by atoms with Crippen LogP contribution in [-0.2, 0) is 0 Å². The maximum absolute atomic E-state index is 5.45. The normalized spacial score (nSPS) is 13.0. The molecular weight excluding hydrogens is 957 g/mol. The van der Waals surface area contributed by atoms with Crippen molar-refractivity contribution in [1.82, 2.24) is 19.5 Å². The first-order chi connectivity index (χ1) is 39.1. The number of para-hydroxylation sites is 1. The summed E-state index contributed by atoms with van der Waals surface area (Å²) in [6.07, 6.45) is 9.84. The Bertz CT molecular complexity index is 4270. The number of allylic oxidation sites excluding steroid dienone is 4. The largest absolute Gasteiger partial charge is 0.308 e. The zero-order valence-corrected chi connectivity index (χ0v) is 43.4. The summed E-state index contributed by atoms with van der Waals surface area (Å²) in [5.41, 5.74) is 20.8. The Balaban J connectivity index is 1.03. The van der Waals surface area contributed by atoms with Crippen LogP contribution in [0.2, 0.25) is 0 Å². The molecule has 1 atom stereocenters. The fourth-order valence-electron chi connectivity index (χ4n) is 11.3. The molecule has 372 valence electrons. The molecule has 0 saturated heterocycles. The van der Waals surface area contributed by atoms with Crippen molar-refractivity contribution in [2.24, 2.45) is 0 Å². The van der Waals surface area contributed by atoms with Crippen molar-refractivity contribution in [2.75, 3.05) is 0 Å². The summed E-state index contributed by atoms with van der Waals surface area (Å²) in [7, 11) is 0. The van der Waals surface area contributed by atoms with E-state index in [1.54, 1.807) is 0 Å². The quantitative estimate of drug-likeness (QED) is 0.130. The van der Waals surface area contributed by atoms with Crippen LogP contribution in [-0.4, -0.2) is 19.5 Å². The number of hydrogen-bond acceptors (Lipinski definition) is 3. The Hall–Kier alpha value is -10.3. The molecule has 0 saturated carbocycles. The number of nitrogens with zero attached hydrogens (tertiary/aromatic N) is 4. The summed E-state index contributed by atoms with van der Waals surface area (Å²) in [4.78, 5) is 16.2. The van der Waals surface area contributed by atoms with Gasteiger partial charge in [0.05, 0.1) is 16.7 Å². The highest BCUT2D eigenvalue weighted by Gasteiger charge is 2.24. The zero-order valence-electron chi connectivity index (χ0n) is 43.4. The number of benzene rings is 11. The van der Waals surface area contributed by atoms with Crippen molar-refractivity contribution < 1.29 is 0 Å². The topological polar surface area (TPSA) is 43.6 Å². The van der Waals surface area contributed by atoms with Gasteiger partial charge in [0.15, 0.2) is 17.5 Å². The molecule has 0 amide bonds. The van der Waals surface area contributed by atoms with Crippen LogP contribution in [0.25, 0.3) is 128 Å². The van der Waals surface area contributed by atoms with Crippen LogP contribution in [0.3, 0.4) is 0 Å². The first kappa shape index (κ1) is 47.2. The lowest BCUT2D eigenvalue weighted by Gasteiger charge is -2.22. The third-order valence-corrected chi connectivity index (χ3v) is 15.4. The lowest BCUT2D eigenvalue weighted by Crippen LogP contribution is -2.04. The highest BCUT2D eigenvalue weighted by molar-refractivity contribution is 6.12. The standard InChI is InChI=1S/C75H52N4/c1-6-18-51(19-7-1)56-30-38-60(39-31-56)67-49-65(75-77-73(62-42-34-58(35-43-62)53-22-10-3-11-23-53)76-74(78-75)63-44-36-59(37-45-63)54-24-12-4-13-25-54)50-68(61-40-32-57(33-41-61)52-20-8-2-9-21-52)72(67)79-70-29-17-16-28-66(70)69-48-64(46-47-71(69)79)55-26-14-5-15-27-55/h1-20,22-50,52H,21H2. The van der Waals surface area contributed by atoms with Gasteiger partial charge in [-0.15, -0.1) is 0 Å². The lowest BCUT2D eigenvalue weighted by molar-refractivity contribution is 0.854. The molecule has 0 N–H and O–H groups in total. The molecule has 11 aromatic carbocycles. The summed E-state index contributed by atoms with van der Waals surface area (Å²) in [6.45, 7) is 0. The molecule has 79 heavy (non-hydrogen) atoms. The van der Waals surface area contributed by atoms with Gasteiger partial charge >= 0.3 is 0 Å². The molecule has 1 unspecified atom stereocenters. The summed E-state index contributed by atoms with van der Waals surface area (Å²) in [5.74, 6) is 2.09. The zero-order chi connectivity index (χ0) is 52.5. The molecule has 0 radical (unpaired) electrons. The molecule has 4 heteroatoms. The molecule has 0 spiro atoms. The maximum atomic E-state index is 5.45. The van der Waals surface area contributed by atoms with Gasteiger partial charge in [0, 0.05) is 44.5 Å². The first-order valence-electron chi connectivity index (χ1n) is 27.1. The van der Waals surface area contributed by atoms with Crippen LogP contribution in [0.1, 0.15) is 17.9 Å². The molecule has 2 aromatic heterocycles. The number of rotatable bonds is 11. The minimum absolute atomic E-state index is 0.310. The number of aromatic nitrogens is 4. The van der Waals surface area contributed by atoms with Crippen LogP contribution in [0.4, 0.5) is 0 Å². The van der Waals surface area contributed by atoms with Gasteiger partial charge in [-0.25, -0.2) is 15.0 Å². The van der Waals surface area contributed by atoms with E-state index in [9.17, 15) is 0 Å². The van der Waals surface area contributed by atoms with Crippen molar-refractivity contribution in [2.45, 2.75) is 12.3 Å². The third-order valence-electron chi connectivity index (χ3n) is 15.4. The van der Waals surface area contributed by atoms with E-state index in [1.165, 1.54) is 33.0 Å². The predicted octanol–water partition coefficient (Wildman–Crippen LogP) is 19.6. The molecule has 0 fully saturated rings. The average Bonchev–Trinajstić information content (AvgIpc) is 4.00. The Labute approximate surface area is 460 Å². The molecule has 2 heterocycles. The van der Waals surface area contributed by atoms with Crippen molar-refractivity contribution in [3.63, 3.8) is 0 Å². The van der Waals surface area contributed by atoms with E-state index in [0.29, 0.717) is 23.4 Å². The number of hydrogen-bond donors (Lipinski definition) is 0. The second-order valence-corrected chi connectivity index (χ2v) is 20.3. The fraction of sp³-hybridized carbons (Fsp3) is 0.0267. The van der Waals surface area contributed by atoms with Crippen LogP contribution >= 0.6 is 0 Å². The van der Waals surface area contributed by atoms with Crippen molar-refractivity contribution >= 4 is 21.8 Å². The van der Waals surface area contributed by atoms with E-state index in [-0.39, 0.29) is 0 Å². The molecular formula is C75H52N4. The van der Waals surface area contributed by atoms with Gasteiger partial charge < -0.3 is 4.57 Å². The Morgan fingerprint density at radius 1 is 0.291 bits per heavy atom. The average molecular weight is 1010 g/mol. The van der Waals surface area contributed by atoms with E-state index in [4.69, 9.17) is 15.0 Å². The van der Waals surface area contributed by atoms with Gasteiger partial charge in [0.1, 0.15) is 0 Å². The smallest absolute Gasteiger partial charge is 0.164 e. The molecule has 0 aliphatic heterocycles. The second-order valence-electron chi connectivity index (χ2n) is 20.3. The Kier molecular flexibility index (Phi) is 12.4. The van der Waals surface area contributed by atoms with E-state index in [1.807, 2.05) is 12.1 Å². The molecule has 4 nitrogen and oxygen atoms in total. The minimum atomic E-state index is 0.310. The third kappa shape index (κ3) is 9.26. The van der Waals surface area contributed by atoms with E-state index in [0.717, 1.165) is 89.9 Å². The van der Waals surface area contributed by atoms with Crippen LogP contribution in [0, 0.1) is 0 Å². The van der Waals surface area contributed by atoms with E-state index >= 15 is 0 Å². The molecule has 1 aliphatic rings. The predicted molar refractivity (Wildman–Crippen MR) is 329 cm³/mol. The van der Waals surface area contributed by atoms with Gasteiger partial charge in [-0.1, -0.05) is 267 Å². The van der Waals surface area contributed by atoms with Gasteiger partial charge in [-0.2, -0.15) is 0 Å². The highest BCUT2D eigenvalue weighted by Crippen LogP contribution is 2.45. The monoisotopic (exact) mass is 1010 g/mol. The molecule has 0 bridgehead atoms. The molecule has 14 rings (SSSR count). The number of fused-ring (bicyclic) bond motifs is 3. The Morgan fingerprint density at radius 2 is 0.671 bits per heavy atom. The van der Waals surface area contributed by atoms with E-state index in [2.05, 4.69) is 290 Å². The SMILES string of the molecule is C1=CCC(c2ccc(-c3cc(-c4nc(-c5ccc(-c6ccccc6)cc5)nc(-c5ccc(-c6ccccc6)cc5)n4)cc(-c4ccc(-c5ccccc5)cc4)c3-n3c4ccccc4c4cc(-c5ccccc5)ccc43)cc2)C=C1. The van der Waals surface area contributed by atoms with E-state index < -0.39 is 0 Å². The molecule has 13 aromatic rings. The second kappa shape index (κ2) is 20.7. The highest BCUT2D eigenvalue weighted by atomic mass is 15.0. The van der Waals surface area contributed by atoms with Crippen LogP contribution in [0.15, 0.2) is 297 Å². The van der Waals surface area contributed by atoms with Gasteiger partial charge in [0.2, 0.25) is 0 Å². The van der Waals surface area contributed by atoms with Crippen molar-refractivity contribution in [3.05, 3.63) is 303 Å². The van der Waals surface area contributed by atoms with Crippen LogP contribution < -0.4 is 0 Å². The van der Waals surface area contributed by atoms with Crippen molar-refractivity contribution in [3.8, 4) is 107 Å². The summed E-state index contributed by atoms with van der Waals surface area (Å²) >= 11 is 0. The van der Waals surface area contributed by atoms with Gasteiger partial charge in [0.25, 0.3) is 0 Å². The lowest BCUT2D eigenvalue weighted by atomic mass is 9.89. The van der Waals surface area contributed by atoms with Gasteiger partial charge in [-0.05, 0) is 98.0 Å². The fourth-order valence-corrected chi connectivity index (χ4v) is 11.3. The van der Waals surface area contributed by atoms with Crippen LogP contribution in [0.5, 0.6) is 0 Å². The maximum Gasteiger partial charge on any atom is 0.164 e. The first-order valence-corrected chi connectivity index (χ1v) is 27.1.